The largest absolute Gasteiger partial charge is 0.481 e. The summed E-state index contributed by atoms with van der Waals surface area (Å²) in [6, 6.07) is 5.09. The standard InChI is InChI=1S/C12H13FO3/c1-12(2,7-10(14)15)11(16)8-3-5-9(13)6-4-8/h3-6H,7H2,1-2H3,(H,14,15). The molecule has 0 aliphatic carbocycles. The van der Waals surface area contributed by atoms with Gasteiger partial charge in [-0.3, -0.25) is 9.59 Å². The summed E-state index contributed by atoms with van der Waals surface area (Å²) in [6.45, 7) is 3.12. The molecule has 0 saturated heterocycles. The highest BCUT2D eigenvalue weighted by molar-refractivity contribution is 6.01. The first-order chi connectivity index (χ1) is 7.33. The van der Waals surface area contributed by atoms with Crippen LogP contribution in [0.1, 0.15) is 30.6 Å². The van der Waals surface area contributed by atoms with Gasteiger partial charge in [0, 0.05) is 11.0 Å². The van der Waals surface area contributed by atoms with E-state index >= 15 is 0 Å². The monoisotopic (exact) mass is 224 g/mol. The van der Waals surface area contributed by atoms with Crippen LogP contribution in [0.2, 0.25) is 0 Å². The van der Waals surface area contributed by atoms with E-state index in [1.807, 2.05) is 0 Å². The minimum Gasteiger partial charge on any atom is -0.481 e. The molecule has 0 radical (unpaired) electrons. The fraction of sp³-hybridized carbons (Fsp3) is 0.333. The van der Waals surface area contributed by atoms with E-state index in [0.29, 0.717) is 5.56 Å². The molecule has 1 aromatic rings. The lowest BCUT2D eigenvalue weighted by Crippen LogP contribution is -2.27. The Hall–Kier alpha value is -1.71. The van der Waals surface area contributed by atoms with E-state index < -0.39 is 17.2 Å². The van der Waals surface area contributed by atoms with Crippen LogP contribution in [0.15, 0.2) is 24.3 Å². The van der Waals surface area contributed by atoms with Crippen LogP contribution in [-0.2, 0) is 4.79 Å². The van der Waals surface area contributed by atoms with Crippen molar-refractivity contribution in [2.45, 2.75) is 20.3 Å². The maximum atomic E-state index is 12.7. The third-order valence-corrected chi connectivity index (χ3v) is 2.31. The minimum absolute atomic E-state index is 0.247. The molecule has 0 spiro atoms. The minimum atomic E-state index is -1.03. The van der Waals surface area contributed by atoms with E-state index in [2.05, 4.69) is 0 Å². The SMILES string of the molecule is CC(C)(CC(=O)O)C(=O)c1ccc(F)cc1. The maximum Gasteiger partial charge on any atom is 0.304 e. The van der Waals surface area contributed by atoms with E-state index in [1.54, 1.807) is 13.8 Å². The van der Waals surface area contributed by atoms with E-state index in [4.69, 9.17) is 5.11 Å². The van der Waals surface area contributed by atoms with Gasteiger partial charge in [0.25, 0.3) is 0 Å². The van der Waals surface area contributed by atoms with E-state index in [1.165, 1.54) is 24.3 Å². The molecule has 1 rings (SSSR count). The molecule has 0 aliphatic rings. The normalized spacial score (nSPS) is 11.2. The Bertz CT molecular complexity index is 407. The lowest BCUT2D eigenvalue weighted by Gasteiger charge is -2.20. The number of carboxylic acids is 1. The second-order valence-corrected chi connectivity index (χ2v) is 4.29. The Balaban J connectivity index is 2.93. The quantitative estimate of drug-likeness (QED) is 0.799. The number of aliphatic carboxylic acids is 1. The molecule has 0 heterocycles. The summed E-state index contributed by atoms with van der Waals surface area (Å²) in [6.07, 6.45) is -0.247. The number of rotatable bonds is 4. The average Bonchev–Trinajstić information content (AvgIpc) is 2.16. The fourth-order valence-corrected chi connectivity index (χ4v) is 1.45. The Morgan fingerprint density at radius 2 is 1.75 bits per heavy atom. The lowest BCUT2D eigenvalue weighted by atomic mass is 9.81. The fourth-order valence-electron chi connectivity index (χ4n) is 1.45. The Kier molecular flexibility index (Phi) is 3.42. The van der Waals surface area contributed by atoms with Gasteiger partial charge in [0.2, 0.25) is 0 Å². The van der Waals surface area contributed by atoms with Gasteiger partial charge in [-0.15, -0.1) is 0 Å². The number of halogens is 1. The zero-order valence-corrected chi connectivity index (χ0v) is 9.16. The van der Waals surface area contributed by atoms with Gasteiger partial charge < -0.3 is 5.11 Å². The van der Waals surface area contributed by atoms with Crippen LogP contribution in [0.3, 0.4) is 0 Å². The molecule has 4 heteroatoms. The predicted molar refractivity (Wildman–Crippen MR) is 56.8 cm³/mol. The summed E-state index contributed by atoms with van der Waals surface area (Å²) in [5.74, 6) is -1.75. The van der Waals surface area contributed by atoms with Gasteiger partial charge in [-0.1, -0.05) is 13.8 Å². The Labute approximate surface area is 92.9 Å². The Morgan fingerprint density at radius 3 is 2.19 bits per heavy atom. The third kappa shape index (κ3) is 2.89. The van der Waals surface area contributed by atoms with Crippen LogP contribution < -0.4 is 0 Å². The van der Waals surface area contributed by atoms with Crippen LogP contribution in [-0.4, -0.2) is 16.9 Å². The molecule has 1 aromatic carbocycles. The van der Waals surface area contributed by atoms with Crippen LogP contribution in [0.25, 0.3) is 0 Å². The number of hydrogen-bond donors (Lipinski definition) is 1. The zero-order valence-electron chi connectivity index (χ0n) is 9.16. The highest BCUT2D eigenvalue weighted by Gasteiger charge is 2.31. The van der Waals surface area contributed by atoms with Crippen molar-refractivity contribution in [2.24, 2.45) is 5.41 Å². The number of benzene rings is 1. The first-order valence-corrected chi connectivity index (χ1v) is 4.85. The average molecular weight is 224 g/mol. The number of carbonyl (C=O) groups is 2. The molecule has 3 nitrogen and oxygen atoms in total. The van der Waals surface area contributed by atoms with Crippen LogP contribution in [0, 0.1) is 11.2 Å². The predicted octanol–water partition coefficient (Wildman–Crippen LogP) is 2.51. The van der Waals surface area contributed by atoms with Crippen molar-refractivity contribution in [1.29, 1.82) is 0 Å². The van der Waals surface area contributed by atoms with Gasteiger partial charge in [-0.2, -0.15) is 0 Å². The van der Waals surface area contributed by atoms with Gasteiger partial charge in [0.15, 0.2) is 5.78 Å². The highest BCUT2D eigenvalue weighted by Crippen LogP contribution is 2.26. The molecule has 0 atom stereocenters. The summed E-state index contributed by atoms with van der Waals surface area (Å²) >= 11 is 0. The van der Waals surface area contributed by atoms with Crippen LogP contribution in [0.5, 0.6) is 0 Å². The first kappa shape index (κ1) is 12.4. The molecule has 1 N–H and O–H groups in total. The van der Waals surface area contributed by atoms with Crippen molar-refractivity contribution >= 4 is 11.8 Å². The van der Waals surface area contributed by atoms with Gasteiger partial charge in [-0.25, -0.2) is 4.39 Å². The van der Waals surface area contributed by atoms with Crippen molar-refractivity contribution < 1.29 is 19.1 Å². The number of ketones is 1. The number of carbonyl (C=O) groups excluding carboxylic acids is 1. The molecule has 0 saturated carbocycles. The third-order valence-electron chi connectivity index (χ3n) is 2.31. The summed E-state index contributed by atoms with van der Waals surface area (Å²) in [7, 11) is 0. The number of Topliss-reactive ketones (excluding diaryl/α,β-unsaturated/α-hetero) is 1. The van der Waals surface area contributed by atoms with E-state index in [9.17, 15) is 14.0 Å². The molecular formula is C12H13FO3. The second-order valence-electron chi connectivity index (χ2n) is 4.29. The topological polar surface area (TPSA) is 54.4 Å². The van der Waals surface area contributed by atoms with Gasteiger partial charge in [-0.05, 0) is 24.3 Å². The molecule has 0 amide bonds. The first-order valence-electron chi connectivity index (χ1n) is 4.85. The van der Waals surface area contributed by atoms with Gasteiger partial charge in [0.05, 0.1) is 6.42 Å². The van der Waals surface area contributed by atoms with E-state index in [0.717, 1.165) is 0 Å². The summed E-state index contributed by atoms with van der Waals surface area (Å²) in [5, 5.41) is 8.68. The van der Waals surface area contributed by atoms with Crippen molar-refractivity contribution in [3.63, 3.8) is 0 Å². The van der Waals surface area contributed by atoms with Crippen molar-refractivity contribution in [3.05, 3.63) is 35.6 Å². The summed E-state index contributed by atoms with van der Waals surface area (Å²) in [5.41, 5.74) is -0.656. The molecule has 0 aromatic heterocycles. The number of carboxylic acid groups (broad SMARTS) is 1. The molecule has 0 aliphatic heterocycles. The van der Waals surface area contributed by atoms with Crippen molar-refractivity contribution in [2.75, 3.05) is 0 Å². The smallest absolute Gasteiger partial charge is 0.304 e. The van der Waals surface area contributed by atoms with Gasteiger partial charge in [0.1, 0.15) is 5.82 Å². The zero-order chi connectivity index (χ0) is 12.3. The van der Waals surface area contributed by atoms with E-state index in [-0.39, 0.29) is 12.2 Å². The molecule has 0 bridgehead atoms. The second kappa shape index (κ2) is 4.43. The Morgan fingerprint density at radius 1 is 1.25 bits per heavy atom. The van der Waals surface area contributed by atoms with Crippen molar-refractivity contribution in [1.82, 2.24) is 0 Å². The molecule has 0 unspecified atom stereocenters. The van der Waals surface area contributed by atoms with Crippen LogP contribution >= 0.6 is 0 Å². The number of hydrogen-bond acceptors (Lipinski definition) is 2. The molecule has 86 valence electrons. The summed E-state index contributed by atoms with van der Waals surface area (Å²) in [4.78, 5) is 22.5. The summed E-state index contributed by atoms with van der Waals surface area (Å²) < 4.78 is 12.7. The highest BCUT2D eigenvalue weighted by atomic mass is 19.1. The molecular weight excluding hydrogens is 211 g/mol. The van der Waals surface area contributed by atoms with Crippen LogP contribution in [0.4, 0.5) is 4.39 Å². The lowest BCUT2D eigenvalue weighted by molar-refractivity contribution is -0.138. The maximum absolute atomic E-state index is 12.7. The molecule has 16 heavy (non-hydrogen) atoms. The van der Waals surface area contributed by atoms with Gasteiger partial charge >= 0.3 is 5.97 Å². The van der Waals surface area contributed by atoms with Crippen molar-refractivity contribution in [3.8, 4) is 0 Å². The molecule has 0 fully saturated rings.